The molecule has 0 radical (unpaired) electrons. The van der Waals surface area contributed by atoms with E-state index in [2.05, 4.69) is 43.9 Å². The summed E-state index contributed by atoms with van der Waals surface area (Å²) in [5, 5.41) is 18.7. The minimum atomic E-state index is -0.889. The fourth-order valence-electron chi connectivity index (χ4n) is 5.78. The summed E-state index contributed by atoms with van der Waals surface area (Å²) in [6.07, 6.45) is 6.45. The lowest BCUT2D eigenvalue weighted by molar-refractivity contribution is -0.137. The normalized spacial score (nSPS) is 17.5. The summed E-state index contributed by atoms with van der Waals surface area (Å²) in [7, 11) is 0. The quantitative estimate of drug-likeness (QED) is 0.419. The van der Waals surface area contributed by atoms with Gasteiger partial charge in [-0.1, -0.05) is 50.3 Å². The van der Waals surface area contributed by atoms with Crippen LogP contribution in [-0.2, 0) is 26.2 Å². The molecule has 2 aliphatic rings. The molecule has 0 fully saturated rings. The highest BCUT2D eigenvalue weighted by atomic mass is 16.4. The number of Topliss-reactive ketones (excluding diaryl/α,β-unsaturated/α-hetero) is 1. The van der Waals surface area contributed by atoms with Crippen molar-refractivity contribution in [1.29, 1.82) is 0 Å². The number of ketones is 1. The number of likely N-dealkylation sites (N-methyl/N-ethyl adjacent to an activating group) is 1. The molecule has 0 saturated carbocycles. The smallest absolute Gasteiger partial charge is 0.305 e. The number of benzene rings is 2. The van der Waals surface area contributed by atoms with Gasteiger partial charge in [0.25, 0.3) is 0 Å². The van der Waals surface area contributed by atoms with E-state index in [0.717, 1.165) is 35.0 Å². The molecular formula is C31H37N3O5. The van der Waals surface area contributed by atoms with E-state index in [9.17, 15) is 24.6 Å². The number of carbonyl (C=O) groups is 3. The molecule has 0 spiro atoms. The predicted molar refractivity (Wildman–Crippen MR) is 154 cm³/mol. The number of carboxylic acids is 2. The molecule has 1 unspecified atom stereocenters. The number of aliphatic carboxylic acids is 2. The first-order valence-corrected chi connectivity index (χ1v) is 13.4. The number of carbonyl (C=O) groups excluding carboxylic acids is 1. The molecule has 8 heteroatoms. The third-order valence-electron chi connectivity index (χ3n) is 7.59. The van der Waals surface area contributed by atoms with Crippen molar-refractivity contribution in [2.24, 2.45) is 0 Å². The van der Waals surface area contributed by atoms with Crippen LogP contribution in [0.1, 0.15) is 51.7 Å². The zero-order valence-corrected chi connectivity index (χ0v) is 23.1. The lowest BCUT2D eigenvalue weighted by Crippen LogP contribution is -2.39. The van der Waals surface area contributed by atoms with Crippen molar-refractivity contribution < 1.29 is 24.6 Å². The Balaban J connectivity index is 1.69. The molecule has 39 heavy (non-hydrogen) atoms. The van der Waals surface area contributed by atoms with Crippen LogP contribution in [0, 0.1) is 0 Å². The molecule has 2 aromatic carbocycles. The van der Waals surface area contributed by atoms with Gasteiger partial charge in [-0.15, -0.1) is 0 Å². The Morgan fingerprint density at radius 2 is 1.51 bits per heavy atom. The van der Waals surface area contributed by atoms with Gasteiger partial charge < -0.3 is 24.9 Å². The predicted octanol–water partition coefficient (Wildman–Crippen LogP) is 4.98. The summed E-state index contributed by atoms with van der Waals surface area (Å²) < 4.78 is 0. The van der Waals surface area contributed by atoms with Crippen LogP contribution in [-0.4, -0.2) is 53.6 Å². The van der Waals surface area contributed by atoms with E-state index in [1.54, 1.807) is 6.92 Å². The van der Waals surface area contributed by atoms with Crippen LogP contribution >= 0.6 is 0 Å². The third-order valence-corrected chi connectivity index (χ3v) is 7.59. The average molecular weight is 532 g/mol. The Morgan fingerprint density at radius 1 is 0.923 bits per heavy atom. The molecule has 0 bridgehead atoms. The zero-order chi connectivity index (χ0) is 28.3. The van der Waals surface area contributed by atoms with Gasteiger partial charge in [-0.05, 0) is 49.2 Å². The molecule has 4 rings (SSSR count). The number of allylic oxidation sites excluding steroid dienone is 2. The molecule has 1 atom stereocenters. The van der Waals surface area contributed by atoms with Crippen molar-refractivity contribution in [2.75, 3.05) is 34.3 Å². The number of nitrogens with zero attached hydrogens (tertiary/aromatic N) is 3. The van der Waals surface area contributed by atoms with Gasteiger partial charge in [0.1, 0.15) is 11.6 Å². The third kappa shape index (κ3) is 5.70. The maximum atomic E-state index is 11.7. The topological polar surface area (TPSA) is 101 Å². The lowest BCUT2D eigenvalue weighted by Gasteiger charge is -2.31. The van der Waals surface area contributed by atoms with Crippen LogP contribution in [0.5, 0.6) is 0 Å². The molecule has 8 nitrogen and oxygen atoms in total. The Hall–Kier alpha value is -4.07. The SMILES string of the molecule is CCN1c2ccc(CC(C)=O)cc2C(C)(C)C1/C=C/C=C1N(CCC(=O)O)c2ccccc2N1CCC(=O)O. The number of rotatable bonds is 11. The van der Waals surface area contributed by atoms with Crippen molar-refractivity contribution in [3.63, 3.8) is 0 Å². The van der Waals surface area contributed by atoms with E-state index in [1.807, 2.05) is 52.3 Å². The summed E-state index contributed by atoms with van der Waals surface area (Å²) in [5.74, 6) is -0.882. The van der Waals surface area contributed by atoms with Crippen LogP contribution in [0.4, 0.5) is 17.1 Å². The van der Waals surface area contributed by atoms with Gasteiger partial charge in [-0.25, -0.2) is 0 Å². The Labute approximate surface area is 229 Å². The number of hydrogen-bond acceptors (Lipinski definition) is 6. The number of anilines is 3. The highest BCUT2D eigenvalue weighted by Crippen LogP contribution is 2.46. The van der Waals surface area contributed by atoms with Gasteiger partial charge in [0.15, 0.2) is 0 Å². The molecule has 0 aromatic heterocycles. The molecule has 2 aromatic rings. The molecular weight excluding hydrogens is 494 g/mol. The second kappa shape index (κ2) is 11.4. The van der Waals surface area contributed by atoms with Crippen LogP contribution in [0.25, 0.3) is 0 Å². The highest BCUT2D eigenvalue weighted by Gasteiger charge is 2.42. The lowest BCUT2D eigenvalue weighted by atomic mass is 9.79. The maximum absolute atomic E-state index is 11.7. The maximum Gasteiger partial charge on any atom is 0.305 e. The minimum Gasteiger partial charge on any atom is -0.481 e. The van der Waals surface area contributed by atoms with E-state index in [4.69, 9.17) is 0 Å². The number of carboxylic acid groups (broad SMARTS) is 2. The monoisotopic (exact) mass is 531 g/mol. The summed E-state index contributed by atoms with van der Waals surface area (Å²) in [6, 6.07) is 14.0. The standard InChI is InChI=1S/C31H37N3O5/c1-5-32-24-14-13-22(19-21(2)35)20-23(24)31(3,4)27(32)11-8-12-28-33(17-15-29(36)37)25-9-6-7-10-26(25)34(28)18-16-30(38)39/h6-14,20,27H,5,15-19H2,1-4H3,(H,36,37)(H,38,39)/b11-8+. The highest BCUT2D eigenvalue weighted by molar-refractivity contribution is 5.84. The molecule has 2 N–H and O–H groups in total. The van der Waals surface area contributed by atoms with Crippen LogP contribution in [0.2, 0.25) is 0 Å². The van der Waals surface area contributed by atoms with Gasteiger partial charge in [-0.3, -0.25) is 14.4 Å². The van der Waals surface area contributed by atoms with E-state index >= 15 is 0 Å². The van der Waals surface area contributed by atoms with Gasteiger partial charge in [0.2, 0.25) is 0 Å². The van der Waals surface area contributed by atoms with Gasteiger partial charge in [0, 0.05) is 37.2 Å². The Morgan fingerprint density at radius 3 is 2.03 bits per heavy atom. The number of fused-ring (bicyclic) bond motifs is 2. The summed E-state index contributed by atoms with van der Waals surface area (Å²) in [4.78, 5) is 40.8. The van der Waals surface area contributed by atoms with Crippen LogP contribution in [0.3, 0.4) is 0 Å². The molecule has 2 aliphatic heterocycles. The summed E-state index contributed by atoms with van der Waals surface area (Å²) in [5.41, 5.74) is 4.92. The van der Waals surface area contributed by atoms with Gasteiger partial charge in [0.05, 0.1) is 30.3 Å². The zero-order valence-electron chi connectivity index (χ0n) is 23.1. The molecule has 206 valence electrons. The average Bonchev–Trinajstić information content (AvgIpc) is 3.28. The number of hydrogen-bond donors (Lipinski definition) is 2. The van der Waals surface area contributed by atoms with Crippen molar-refractivity contribution in [3.8, 4) is 0 Å². The molecule has 0 saturated heterocycles. The fourth-order valence-corrected chi connectivity index (χ4v) is 5.78. The van der Waals surface area contributed by atoms with Crippen molar-refractivity contribution in [3.05, 3.63) is 77.6 Å². The van der Waals surface area contributed by atoms with E-state index in [1.165, 1.54) is 5.56 Å². The second-order valence-corrected chi connectivity index (χ2v) is 10.7. The molecule has 2 heterocycles. The van der Waals surface area contributed by atoms with Gasteiger partial charge in [-0.2, -0.15) is 0 Å². The van der Waals surface area contributed by atoms with Crippen LogP contribution < -0.4 is 14.7 Å². The van der Waals surface area contributed by atoms with Crippen molar-refractivity contribution in [2.45, 2.75) is 58.4 Å². The molecule has 0 aliphatic carbocycles. The molecule has 0 amide bonds. The fraction of sp³-hybridized carbons (Fsp3) is 0.387. The van der Waals surface area contributed by atoms with Gasteiger partial charge >= 0.3 is 11.9 Å². The second-order valence-electron chi connectivity index (χ2n) is 10.7. The largest absolute Gasteiger partial charge is 0.481 e. The first-order chi connectivity index (χ1) is 18.5. The van der Waals surface area contributed by atoms with E-state index in [0.29, 0.717) is 6.42 Å². The Bertz CT molecular complexity index is 1280. The Kier molecular flexibility index (Phi) is 8.14. The van der Waals surface area contributed by atoms with Crippen molar-refractivity contribution >= 4 is 34.8 Å². The number of para-hydroxylation sites is 2. The first-order valence-electron chi connectivity index (χ1n) is 13.4. The minimum absolute atomic E-state index is 0.0423. The van der Waals surface area contributed by atoms with E-state index < -0.39 is 11.9 Å². The van der Waals surface area contributed by atoms with Crippen molar-refractivity contribution in [1.82, 2.24) is 0 Å². The first kappa shape index (κ1) is 28.0. The summed E-state index contributed by atoms with van der Waals surface area (Å²) in [6.45, 7) is 9.52. The van der Waals surface area contributed by atoms with E-state index in [-0.39, 0.29) is 43.2 Å². The summed E-state index contributed by atoms with van der Waals surface area (Å²) >= 11 is 0. The van der Waals surface area contributed by atoms with Crippen LogP contribution in [0.15, 0.2) is 66.5 Å².